The molecule has 0 radical (unpaired) electrons. The van der Waals surface area contributed by atoms with E-state index in [0.29, 0.717) is 11.8 Å². The summed E-state index contributed by atoms with van der Waals surface area (Å²) in [5.74, 6) is 1.09. The Morgan fingerprint density at radius 2 is 1.56 bits per heavy atom. The van der Waals surface area contributed by atoms with Gasteiger partial charge in [-0.25, -0.2) is 0 Å². The molecule has 0 aliphatic carbocycles. The van der Waals surface area contributed by atoms with Gasteiger partial charge in [0.15, 0.2) is 0 Å². The van der Waals surface area contributed by atoms with Crippen molar-refractivity contribution < 1.29 is 4.42 Å². The highest BCUT2D eigenvalue weighted by Gasteiger charge is 2.12. The van der Waals surface area contributed by atoms with Crippen LogP contribution in [-0.2, 0) is 6.42 Å². The summed E-state index contributed by atoms with van der Waals surface area (Å²) in [6.07, 6.45) is 7.68. The van der Waals surface area contributed by atoms with E-state index in [-0.39, 0.29) is 0 Å². The first-order valence-corrected chi connectivity index (χ1v) is 9.75. The maximum absolute atomic E-state index is 5.85. The van der Waals surface area contributed by atoms with Gasteiger partial charge in [0.25, 0.3) is 0 Å². The number of hydrogen-bond donors (Lipinski definition) is 0. The van der Waals surface area contributed by atoms with E-state index in [4.69, 9.17) is 4.42 Å². The monoisotopic (exact) mass is 398 g/mol. The molecule has 3 rings (SSSR count). The zero-order chi connectivity index (χ0) is 17.5. The summed E-state index contributed by atoms with van der Waals surface area (Å²) in [5.41, 5.74) is 3.23. The third kappa shape index (κ3) is 4.79. The highest BCUT2D eigenvalue weighted by atomic mass is 79.9. The maximum atomic E-state index is 5.85. The Bertz CT molecular complexity index is 796. The van der Waals surface area contributed by atoms with Crippen LogP contribution in [0, 0.1) is 0 Å². The van der Waals surface area contributed by atoms with Crippen molar-refractivity contribution in [2.45, 2.75) is 45.4 Å². The molecule has 0 amide bonds. The van der Waals surface area contributed by atoms with Crippen LogP contribution in [0.3, 0.4) is 0 Å². The third-order valence-electron chi connectivity index (χ3n) is 4.30. The van der Waals surface area contributed by atoms with E-state index < -0.39 is 0 Å². The van der Waals surface area contributed by atoms with Crippen molar-refractivity contribution in [3.63, 3.8) is 0 Å². The highest BCUT2D eigenvalue weighted by Crippen LogP contribution is 2.29. The molecule has 0 N–H and O–H groups in total. The quantitative estimate of drug-likeness (QED) is 0.397. The topological polar surface area (TPSA) is 38.9 Å². The van der Waals surface area contributed by atoms with E-state index in [0.717, 1.165) is 22.0 Å². The summed E-state index contributed by atoms with van der Waals surface area (Å²) in [6, 6.07) is 16.3. The largest absolute Gasteiger partial charge is 0.416 e. The molecular formula is C21H23BrN2O. The molecule has 0 aliphatic heterocycles. The predicted octanol–water partition coefficient (Wildman–Crippen LogP) is 6.68. The third-order valence-corrected chi connectivity index (χ3v) is 4.99. The van der Waals surface area contributed by atoms with Crippen LogP contribution < -0.4 is 0 Å². The minimum Gasteiger partial charge on any atom is -0.416 e. The van der Waals surface area contributed by atoms with Gasteiger partial charge in [-0.1, -0.05) is 56.9 Å². The molecule has 3 nitrogen and oxygen atoms in total. The Labute approximate surface area is 157 Å². The fourth-order valence-corrected chi connectivity index (χ4v) is 3.28. The smallest absolute Gasteiger partial charge is 0.249 e. The average molecular weight is 399 g/mol. The van der Waals surface area contributed by atoms with Gasteiger partial charge in [0.2, 0.25) is 11.8 Å². The second kappa shape index (κ2) is 8.95. The maximum Gasteiger partial charge on any atom is 0.249 e. The van der Waals surface area contributed by atoms with E-state index in [9.17, 15) is 0 Å². The van der Waals surface area contributed by atoms with Gasteiger partial charge in [0, 0.05) is 10.0 Å². The minimum atomic E-state index is 0.530. The predicted molar refractivity (Wildman–Crippen MR) is 105 cm³/mol. The first-order valence-electron chi connectivity index (χ1n) is 8.95. The second-order valence-electron chi connectivity index (χ2n) is 6.25. The molecular weight excluding hydrogens is 376 g/mol. The molecule has 4 heteroatoms. The molecule has 130 valence electrons. The number of nitrogens with zero attached hydrogens (tertiary/aromatic N) is 2. The summed E-state index contributed by atoms with van der Waals surface area (Å²) in [4.78, 5) is 0. The molecule has 0 spiro atoms. The Hall–Kier alpha value is -1.94. The lowest BCUT2D eigenvalue weighted by Gasteiger charge is -2.02. The van der Waals surface area contributed by atoms with E-state index >= 15 is 0 Å². The van der Waals surface area contributed by atoms with Gasteiger partial charge in [-0.2, -0.15) is 0 Å². The molecule has 0 saturated carbocycles. The summed E-state index contributed by atoms with van der Waals surface area (Å²) in [6.45, 7) is 2.25. The molecule has 0 saturated heterocycles. The zero-order valence-corrected chi connectivity index (χ0v) is 16.1. The van der Waals surface area contributed by atoms with Gasteiger partial charge < -0.3 is 4.42 Å². The standard InChI is InChI=1S/C21H23BrN2O/c1-2-3-4-5-6-9-16-12-14-17(15-13-16)20-23-24-21(25-20)18-10-7-8-11-19(18)22/h7-8,10-15H,2-6,9H2,1H3. The number of benzene rings is 2. The Balaban J connectivity index is 1.64. The first-order chi connectivity index (χ1) is 12.3. The molecule has 0 aliphatic rings. The van der Waals surface area contributed by atoms with Crippen LogP contribution in [0.5, 0.6) is 0 Å². The van der Waals surface area contributed by atoms with Crippen LogP contribution in [0.25, 0.3) is 22.9 Å². The number of hydrogen-bond acceptors (Lipinski definition) is 3. The van der Waals surface area contributed by atoms with Gasteiger partial charge >= 0.3 is 0 Å². The Morgan fingerprint density at radius 1 is 0.840 bits per heavy atom. The average Bonchev–Trinajstić information content (AvgIpc) is 3.12. The summed E-state index contributed by atoms with van der Waals surface area (Å²) in [7, 11) is 0. The van der Waals surface area contributed by atoms with Crippen molar-refractivity contribution in [1.82, 2.24) is 10.2 Å². The van der Waals surface area contributed by atoms with Crippen LogP contribution in [0.15, 0.2) is 57.4 Å². The molecule has 0 unspecified atom stereocenters. The van der Waals surface area contributed by atoms with Crippen LogP contribution in [0.1, 0.15) is 44.6 Å². The summed E-state index contributed by atoms with van der Waals surface area (Å²) < 4.78 is 6.80. The second-order valence-corrected chi connectivity index (χ2v) is 7.11. The lowest BCUT2D eigenvalue weighted by atomic mass is 10.0. The Morgan fingerprint density at radius 3 is 2.32 bits per heavy atom. The fraction of sp³-hybridized carbons (Fsp3) is 0.333. The molecule has 0 fully saturated rings. The number of halogens is 1. The van der Waals surface area contributed by atoms with E-state index in [1.54, 1.807) is 0 Å². The van der Waals surface area contributed by atoms with Gasteiger partial charge in [0.1, 0.15) is 0 Å². The first kappa shape index (κ1) is 17.9. The minimum absolute atomic E-state index is 0.530. The van der Waals surface area contributed by atoms with E-state index in [1.165, 1.54) is 37.7 Å². The van der Waals surface area contributed by atoms with Crippen LogP contribution in [0.2, 0.25) is 0 Å². The normalized spacial score (nSPS) is 11.0. The van der Waals surface area contributed by atoms with Crippen molar-refractivity contribution in [2.24, 2.45) is 0 Å². The van der Waals surface area contributed by atoms with Crippen molar-refractivity contribution in [3.8, 4) is 22.9 Å². The van der Waals surface area contributed by atoms with Crippen molar-refractivity contribution in [1.29, 1.82) is 0 Å². The van der Waals surface area contributed by atoms with Gasteiger partial charge in [-0.15, -0.1) is 10.2 Å². The number of unbranched alkanes of at least 4 members (excludes halogenated alkanes) is 4. The van der Waals surface area contributed by atoms with Crippen molar-refractivity contribution in [3.05, 3.63) is 58.6 Å². The SMILES string of the molecule is CCCCCCCc1ccc(-c2nnc(-c3ccccc3Br)o2)cc1. The number of aryl methyl sites for hydroxylation is 1. The molecule has 1 aromatic heterocycles. The van der Waals surface area contributed by atoms with E-state index in [2.05, 4.69) is 57.3 Å². The van der Waals surface area contributed by atoms with E-state index in [1.807, 2.05) is 24.3 Å². The fourth-order valence-electron chi connectivity index (χ4n) is 2.83. The van der Waals surface area contributed by atoms with Gasteiger partial charge in [-0.3, -0.25) is 0 Å². The summed E-state index contributed by atoms with van der Waals surface area (Å²) >= 11 is 3.52. The molecule has 2 aromatic carbocycles. The molecule has 3 aromatic rings. The van der Waals surface area contributed by atoms with Gasteiger partial charge in [0.05, 0.1) is 5.56 Å². The zero-order valence-electron chi connectivity index (χ0n) is 14.5. The molecule has 25 heavy (non-hydrogen) atoms. The lowest BCUT2D eigenvalue weighted by Crippen LogP contribution is -1.87. The molecule has 0 atom stereocenters. The highest BCUT2D eigenvalue weighted by molar-refractivity contribution is 9.10. The van der Waals surface area contributed by atoms with Crippen LogP contribution in [-0.4, -0.2) is 10.2 Å². The molecule has 0 bridgehead atoms. The van der Waals surface area contributed by atoms with Crippen LogP contribution >= 0.6 is 15.9 Å². The lowest BCUT2D eigenvalue weighted by molar-refractivity contribution is 0.584. The van der Waals surface area contributed by atoms with Crippen molar-refractivity contribution in [2.75, 3.05) is 0 Å². The van der Waals surface area contributed by atoms with Crippen molar-refractivity contribution >= 4 is 15.9 Å². The van der Waals surface area contributed by atoms with Crippen LogP contribution in [0.4, 0.5) is 0 Å². The Kier molecular flexibility index (Phi) is 6.40. The summed E-state index contributed by atoms with van der Waals surface area (Å²) in [5, 5.41) is 8.37. The van der Waals surface area contributed by atoms with Gasteiger partial charge in [-0.05, 0) is 58.6 Å². The molecule has 1 heterocycles. The number of rotatable bonds is 8. The number of aromatic nitrogens is 2.